The van der Waals surface area contributed by atoms with E-state index in [0.29, 0.717) is 17.9 Å². The van der Waals surface area contributed by atoms with E-state index < -0.39 is 11.7 Å². The summed E-state index contributed by atoms with van der Waals surface area (Å²) in [4.78, 5) is 15.8. The van der Waals surface area contributed by atoms with Gasteiger partial charge in [0.2, 0.25) is 5.82 Å². The molecule has 6 nitrogen and oxygen atoms in total. The molecule has 2 aromatic rings. The molecule has 0 aliphatic carbocycles. The maximum atomic E-state index is 13.4. The Balaban J connectivity index is 2.12. The SMILES string of the molecule is CCc1nc(C(=O)Nc2ccc(OC)c(F)c2)n[nH]1. The molecular formula is C12H13FN4O2. The molecule has 0 fully saturated rings. The van der Waals surface area contributed by atoms with Gasteiger partial charge >= 0.3 is 0 Å². The number of hydrogen-bond acceptors (Lipinski definition) is 4. The summed E-state index contributed by atoms with van der Waals surface area (Å²) in [6, 6.07) is 4.14. The number of nitrogens with zero attached hydrogens (tertiary/aromatic N) is 2. The van der Waals surface area contributed by atoms with Gasteiger partial charge in [0.05, 0.1) is 7.11 Å². The van der Waals surface area contributed by atoms with Gasteiger partial charge in [-0.2, -0.15) is 0 Å². The van der Waals surface area contributed by atoms with Gasteiger partial charge in [-0.05, 0) is 12.1 Å². The lowest BCUT2D eigenvalue weighted by Gasteiger charge is -2.05. The molecule has 0 bridgehead atoms. The second-order valence-electron chi connectivity index (χ2n) is 3.76. The molecule has 19 heavy (non-hydrogen) atoms. The number of anilines is 1. The molecule has 0 spiro atoms. The third-order valence-electron chi connectivity index (χ3n) is 2.48. The van der Waals surface area contributed by atoms with Gasteiger partial charge in [-0.25, -0.2) is 9.37 Å². The van der Waals surface area contributed by atoms with Crippen molar-refractivity contribution in [2.24, 2.45) is 0 Å². The highest BCUT2D eigenvalue weighted by molar-refractivity contribution is 6.01. The summed E-state index contributed by atoms with van der Waals surface area (Å²) >= 11 is 0. The van der Waals surface area contributed by atoms with Gasteiger partial charge in [0.25, 0.3) is 5.91 Å². The minimum atomic E-state index is -0.551. The largest absolute Gasteiger partial charge is 0.494 e. The molecule has 1 aromatic carbocycles. The summed E-state index contributed by atoms with van der Waals surface area (Å²) in [6.45, 7) is 1.89. The van der Waals surface area contributed by atoms with Crippen LogP contribution in [0.2, 0.25) is 0 Å². The van der Waals surface area contributed by atoms with Crippen molar-refractivity contribution in [3.05, 3.63) is 35.7 Å². The van der Waals surface area contributed by atoms with Crippen molar-refractivity contribution in [2.45, 2.75) is 13.3 Å². The van der Waals surface area contributed by atoms with Gasteiger partial charge in [0.1, 0.15) is 5.82 Å². The molecule has 0 aliphatic heterocycles. The zero-order valence-electron chi connectivity index (χ0n) is 10.5. The lowest BCUT2D eigenvalue weighted by molar-refractivity contribution is 0.101. The minimum absolute atomic E-state index is 0.0214. The molecule has 2 N–H and O–H groups in total. The molecule has 7 heteroatoms. The normalized spacial score (nSPS) is 10.3. The maximum absolute atomic E-state index is 13.4. The number of ether oxygens (including phenoxy) is 1. The Hall–Kier alpha value is -2.44. The lowest BCUT2D eigenvalue weighted by Crippen LogP contribution is -2.14. The van der Waals surface area contributed by atoms with E-state index >= 15 is 0 Å². The average Bonchev–Trinajstić information content (AvgIpc) is 2.88. The highest BCUT2D eigenvalue weighted by Crippen LogP contribution is 2.20. The van der Waals surface area contributed by atoms with E-state index in [0.717, 1.165) is 0 Å². The van der Waals surface area contributed by atoms with E-state index in [1.807, 2.05) is 6.92 Å². The van der Waals surface area contributed by atoms with Crippen LogP contribution < -0.4 is 10.1 Å². The third kappa shape index (κ3) is 2.87. The van der Waals surface area contributed by atoms with E-state index in [9.17, 15) is 9.18 Å². The van der Waals surface area contributed by atoms with Crippen LogP contribution in [0.5, 0.6) is 5.75 Å². The van der Waals surface area contributed by atoms with Crippen molar-refractivity contribution in [1.82, 2.24) is 15.2 Å². The quantitative estimate of drug-likeness (QED) is 0.882. The Kier molecular flexibility index (Phi) is 3.74. The summed E-state index contributed by atoms with van der Waals surface area (Å²) in [5, 5.41) is 8.92. The number of methoxy groups -OCH3 is 1. The van der Waals surface area contributed by atoms with Gasteiger partial charge in [0, 0.05) is 18.2 Å². The number of hydrogen-bond donors (Lipinski definition) is 2. The molecule has 100 valence electrons. The molecule has 0 aliphatic rings. The molecule has 1 aromatic heterocycles. The summed E-state index contributed by atoms with van der Waals surface area (Å²) < 4.78 is 18.2. The maximum Gasteiger partial charge on any atom is 0.295 e. The number of aromatic amines is 1. The number of carbonyl (C=O) groups excluding carboxylic acids is 1. The minimum Gasteiger partial charge on any atom is -0.494 e. The zero-order valence-corrected chi connectivity index (χ0v) is 10.5. The molecule has 0 saturated heterocycles. The number of benzene rings is 1. The monoisotopic (exact) mass is 264 g/mol. The van der Waals surface area contributed by atoms with Gasteiger partial charge in [-0.15, -0.1) is 5.10 Å². The number of nitrogens with one attached hydrogen (secondary N) is 2. The number of aromatic nitrogens is 3. The van der Waals surface area contributed by atoms with Crippen molar-refractivity contribution < 1.29 is 13.9 Å². The van der Waals surface area contributed by atoms with E-state index in [-0.39, 0.29) is 11.6 Å². The van der Waals surface area contributed by atoms with Gasteiger partial charge in [0.15, 0.2) is 11.6 Å². The van der Waals surface area contributed by atoms with Crippen LogP contribution in [0, 0.1) is 5.82 Å². The molecule has 1 heterocycles. The van der Waals surface area contributed by atoms with Crippen molar-refractivity contribution in [3.63, 3.8) is 0 Å². The van der Waals surface area contributed by atoms with Crippen molar-refractivity contribution in [1.29, 1.82) is 0 Å². The Morgan fingerprint density at radius 2 is 2.32 bits per heavy atom. The first-order valence-electron chi connectivity index (χ1n) is 5.70. The zero-order chi connectivity index (χ0) is 13.8. The van der Waals surface area contributed by atoms with Crippen LogP contribution >= 0.6 is 0 Å². The number of halogens is 1. The molecule has 0 radical (unpaired) electrons. The van der Waals surface area contributed by atoms with Crippen molar-refractivity contribution in [2.75, 3.05) is 12.4 Å². The molecule has 0 saturated carbocycles. The standard InChI is InChI=1S/C12H13FN4O2/c1-3-10-15-11(17-16-10)12(18)14-7-4-5-9(19-2)8(13)6-7/h4-6H,3H2,1-2H3,(H,14,18)(H,15,16,17). The number of H-pyrrole nitrogens is 1. The molecule has 0 atom stereocenters. The number of amides is 1. The Morgan fingerprint density at radius 1 is 1.53 bits per heavy atom. The van der Waals surface area contributed by atoms with E-state index in [1.165, 1.54) is 25.3 Å². The number of carbonyl (C=O) groups is 1. The smallest absolute Gasteiger partial charge is 0.295 e. The summed E-state index contributed by atoms with van der Waals surface area (Å²) in [7, 11) is 1.37. The van der Waals surface area contributed by atoms with Crippen LogP contribution in [0.1, 0.15) is 23.4 Å². The van der Waals surface area contributed by atoms with Crippen LogP contribution in [0.4, 0.5) is 10.1 Å². The van der Waals surface area contributed by atoms with Crippen LogP contribution in [-0.2, 0) is 6.42 Å². The second-order valence-corrected chi connectivity index (χ2v) is 3.76. The van der Waals surface area contributed by atoms with E-state index in [4.69, 9.17) is 4.74 Å². The molecular weight excluding hydrogens is 251 g/mol. The molecule has 2 rings (SSSR count). The van der Waals surface area contributed by atoms with E-state index in [2.05, 4.69) is 20.5 Å². The summed E-state index contributed by atoms with van der Waals surface area (Å²) in [5.41, 5.74) is 0.311. The van der Waals surface area contributed by atoms with Crippen molar-refractivity contribution >= 4 is 11.6 Å². The molecule has 1 amide bonds. The highest BCUT2D eigenvalue weighted by Gasteiger charge is 2.13. The van der Waals surface area contributed by atoms with Gasteiger partial charge in [-0.3, -0.25) is 9.89 Å². The van der Waals surface area contributed by atoms with Crippen LogP contribution in [0.25, 0.3) is 0 Å². The predicted octanol–water partition coefficient (Wildman–Crippen LogP) is 1.77. The Morgan fingerprint density at radius 3 is 2.89 bits per heavy atom. The topological polar surface area (TPSA) is 79.9 Å². The fourth-order valence-electron chi connectivity index (χ4n) is 1.49. The Bertz CT molecular complexity index is 597. The predicted molar refractivity (Wildman–Crippen MR) is 66.7 cm³/mol. The second kappa shape index (κ2) is 5.47. The third-order valence-corrected chi connectivity index (χ3v) is 2.48. The lowest BCUT2D eigenvalue weighted by atomic mass is 10.3. The van der Waals surface area contributed by atoms with Gasteiger partial charge < -0.3 is 10.1 Å². The van der Waals surface area contributed by atoms with E-state index in [1.54, 1.807) is 0 Å². The molecule has 0 unspecified atom stereocenters. The number of rotatable bonds is 4. The first kappa shape index (κ1) is 13.0. The number of aryl methyl sites for hydroxylation is 1. The summed E-state index contributed by atoms with van der Waals surface area (Å²) in [6.07, 6.45) is 0.650. The average molecular weight is 264 g/mol. The van der Waals surface area contributed by atoms with Crippen LogP contribution in [0.15, 0.2) is 18.2 Å². The van der Waals surface area contributed by atoms with Gasteiger partial charge in [-0.1, -0.05) is 6.92 Å². The fraction of sp³-hybridized carbons (Fsp3) is 0.250. The summed E-state index contributed by atoms with van der Waals surface area (Å²) in [5.74, 6) is -0.298. The van der Waals surface area contributed by atoms with Crippen LogP contribution in [-0.4, -0.2) is 28.2 Å². The fourth-order valence-corrected chi connectivity index (χ4v) is 1.49. The first-order valence-corrected chi connectivity index (χ1v) is 5.70. The first-order chi connectivity index (χ1) is 9.13. The van der Waals surface area contributed by atoms with Crippen molar-refractivity contribution in [3.8, 4) is 5.75 Å². The Labute approximate surface area is 109 Å². The highest BCUT2D eigenvalue weighted by atomic mass is 19.1. The van der Waals surface area contributed by atoms with Crippen LogP contribution in [0.3, 0.4) is 0 Å².